The number of hydrogen-bond donors (Lipinski definition) is 1. The molecule has 0 aliphatic carbocycles. The molecule has 6 nitrogen and oxygen atoms in total. The molecule has 8 heteroatoms. The van der Waals surface area contributed by atoms with Gasteiger partial charge < -0.3 is 4.74 Å². The van der Waals surface area contributed by atoms with Gasteiger partial charge in [0.05, 0.1) is 11.5 Å². The molecule has 0 bridgehead atoms. The number of ether oxygens (including phenoxy) is 1. The highest BCUT2D eigenvalue weighted by atomic mass is 35.5. The van der Waals surface area contributed by atoms with Crippen molar-refractivity contribution >= 4 is 39.1 Å². The summed E-state index contributed by atoms with van der Waals surface area (Å²) in [5, 5.41) is 0.447. The number of ketones is 1. The summed E-state index contributed by atoms with van der Waals surface area (Å²) < 4.78 is 32.4. The maximum Gasteiger partial charge on any atom is 0.305 e. The number of anilines is 1. The van der Waals surface area contributed by atoms with Crippen molar-refractivity contribution in [2.45, 2.75) is 44.4 Å². The molecule has 156 valence electrons. The quantitative estimate of drug-likeness (QED) is 0.432. The SMILES string of the molecule is CCOC(=O)CCCC(=O)c1ccc(NS(=O)(=O)c2ccc(Cl)cc2)cc1CC. The Morgan fingerprint density at radius 1 is 1.03 bits per heavy atom. The van der Waals surface area contributed by atoms with Crippen molar-refractivity contribution in [1.82, 2.24) is 0 Å². The van der Waals surface area contributed by atoms with Gasteiger partial charge in [-0.05, 0) is 67.8 Å². The Balaban J connectivity index is 2.10. The number of sulfonamides is 1. The van der Waals surface area contributed by atoms with E-state index < -0.39 is 10.0 Å². The third kappa shape index (κ3) is 6.58. The molecule has 0 aliphatic heterocycles. The summed E-state index contributed by atoms with van der Waals surface area (Å²) in [5.41, 5.74) is 1.65. The van der Waals surface area contributed by atoms with Crippen LogP contribution in [0.1, 0.15) is 49.0 Å². The average Bonchev–Trinajstić information content (AvgIpc) is 2.68. The minimum absolute atomic E-state index is 0.0849. The molecule has 0 radical (unpaired) electrons. The van der Waals surface area contributed by atoms with Gasteiger partial charge in [0.1, 0.15) is 0 Å². The minimum atomic E-state index is -3.76. The number of Topliss-reactive ketones (excluding diaryl/α,β-unsaturated/α-hetero) is 1. The average molecular weight is 438 g/mol. The van der Waals surface area contributed by atoms with Crippen LogP contribution < -0.4 is 4.72 Å². The van der Waals surface area contributed by atoms with Crippen LogP contribution in [0, 0.1) is 0 Å². The highest BCUT2D eigenvalue weighted by molar-refractivity contribution is 7.92. The Kier molecular flexibility index (Phi) is 8.22. The predicted molar refractivity (Wildman–Crippen MR) is 113 cm³/mol. The lowest BCUT2D eigenvalue weighted by molar-refractivity contribution is -0.143. The van der Waals surface area contributed by atoms with E-state index in [1.165, 1.54) is 24.3 Å². The summed E-state index contributed by atoms with van der Waals surface area (Å²) in [6.45, 7) is 3.95. The van der Waals surface area contributed by atoms with Gasteiger partial charge >= 0.3 is 5.97 Å². The van der Waals surface area contributed by atoms with Crippen molar-refractivity contribution < 1.29 is 22.7 Å². The van der Waals surface area contributed by atoms with E-state index in [4.69, 9.17) is 16.3 Å². The Morgan fingerprint density at radius 2 is 1.72 bits per heavy atom. The van der Waals surface area contributed by atoms with Crippen molar-refractivity contribution in [2.75, 3.05) is 11.3 Å². The second-order valence-corrected chi connectivity index (χ2v) is 8.49. The summed E-state index contributed by atoms with van der Waals surface area (Å²) in [6.07, 6.45) is 1.39. The Morgan fingerprint density at radius 3 is 2.34 bits per heavy atom. The van der Waals surface area contributed by atoms with E-state index in [1.807, 2.05) is 6.92 Å². The van der Waals surface area contributed by atoms with E-state index in [0.29, 0.717) is 35.7 Å². The Hall–Kier alpha value is -2.38. The lowest BCUT2D eigenvalue weighted by atomic mass is 9.98. The molecule has 1 N–H and O–H groups in total. The van der Waals surface area contributed by atoms with Gasteiger partial charge in [-0.15, -0.1) is 0 Å². The molecule has 0 aliphatic rings. The monoisotopic (exact) mass is 437 g/mol. The molecule has 0 aromatic heterocycles. The molecule has 2 aromatic rings. The van der Waals surface area contributed by atoms with E-state index in [9.17, 15) is 18.0 Å². The Bertz CT molecular complexity index is 971. The molecule has 0 saturated heterocycles. The largest absolute Gasteiger partial charge is 0.466 e. The molecular weight excluding hydrogens is 414 g/mol. The fraction of sp³-hybridized carbons (Fsp3) is 0.333. The first kappa shape index (κ1) is 22.9. The molecule has 0 spiro atoms. The highest BCUT2D eigenvalue weighted by Gasteiger charge is 2.17. The zero-order valence-corrected chi connectivity index (χ0v) is 18.0. The fourth-order valence-electron chi connectivity index (χ4n) is 2.81. The van der Waals surface area contributed by atoms with Crippen LogP contribution in [0.25, 0.3) is 0 Å². The van der Waals surface area contributed by atoms with Crippen molar-refractivity contribution in [3.05, 3.63) is 58.6 Å². The van der Waals surface area contributed by atoms with E-state index in [2.05, 4.69) is 4.72 Å². The van der Waals surface area contributed by atoms with Crippen molar-refractivity contribution in [1.29, 1.82) is 0 Å². The second kappa shape index (κ2) is 10.4. The number of nitrogens with one attached hydrogen (secondary N) is 1. The molecule has 2 aromatic carbocycles. The van der Waals surface area contributed by atoms with Crippen LogP contribution in [0.2, 0.25) is 5.02 Å². The van der Waals surface area contributed by atoms with Crippen LogP contribution in [-0.2, 0) is 26.0 Å². The van der Waals surface area contributed by atoms with E-state index in [-0.39, 0.29) is 29.5 Å². The normalized spacial score (nSPS) is 11.1. The van der Waals surface area contributed by atoms with Gasteiger partial charge in [-0.25, -0.2) is 8.42 Å². The summed E-state index contributed by atoms with van der Waals surface area (Å²) in [5.74, 6) is -0.402. The maximum atomic E-state index is 12.5. The molecular formula is C21H24ClNO5S. The van der Waals surface area contributed by atoms with Crippen molar-refractivity contribution in [3.8, 4) is 0 Å². The predicted octanol–water partition coefficient (Wildman–Crippen LogP) is 4.62. The summed E-state index contributed by atoms with van der Waals surface area (Å²) in [7, 11) is -3.76. The Labute approximate surface area is 176 Å². The van der Waals surface area contributed by atoms with Crippen LogP contribution in [0.5, 0.6) is 0 Å². The lowest BCUT2D eigenvalue weighted by Crippen LogP contribution is -2.14. The molecule has 0 heterocycles. The van der Waals surface area contributed by atoms with Crippen LogP contribution in [0.15, 0.2) is 47.4 Å². The molecule has 29 heavy (non-hydrogen) atoms. The molecule has 0 saturated carbocycles. The van der Waals surface area contributed by atoms with E-state index in [0.717, 1.165) is 5.56 Å². The van der Waals surface area contributed by atoms with E-state index >= 15 is 0 Å². The second-order valence-electron chi connectivity index (χ2n) is 6.37. The fourth-order valence-corrected chi connectivity index (χ4v) is 3.99. The van der Waals surface area contributed by atoms with Crippen molar-refractivity contribution in [3.63, 3.8) is 0 Å². The first-order valence-corrected chi connectivity index (χ1v) is 11.2. The minimum Gasteiger partial charge on any atom is -0.466 e. The van der Waals surface area contributed by atoms with Gasteiger partial charge in [0, 0.05) is 29.1 Å². The summed E-state index contributed by atoms with van der Waals surface area (Å²) in [4.78, 5) is 24.0. The topological polar surface area (TPSA) is 89.5 Å². The summed E-state index contributed by atoms with van der Waals surface area (Å²) >= 11 is 5.80. The zero-order valence-electron chi connectivity index (χ0n) is 16.4. The number of carbonyl (C=O) groups is 2. The van der Waals surface area contributed by atoms with Crippen LogP contribution in [0.3, 0.4) is 0 Å². The van der Waals surface area contributed by atoms with Crippen LogP contribution in [-0.4, -0.2) is 26.8 Å². The maximum absolute atomic E-state index is 12.5. The standard InChI is InChI=1S/C21H24ClNO5S/c1-3-15-14-17(23-29(26,27)18-11-8-16(22)9-12-18)10-13-19(15)20(24)6-5-7-21(25)28-4-2/h8-14,23H,3-7H2,1-2H3. The van der Waals surface area contributed by atoms with Gasteiger partial charge in [-0.3, -0.25) is 14.3 Å². The number of carbonyl (C=O) groups excluding carboxylic acids is 2. The molecule has 0 unspecified atom stereocenters. The lowest BCUT2D eigenvalue weighted by Gasteiger charge is -2.12. The third-order valence-electron chi connectivity index (χ3n) is 4.25. The number of aryl methyl sites for hydroxylation is 1. The number of hydrogen-bond acceptors (Lipinski definition) is 5. The van der Waals surface area contributed by atoms with Gasteiger partial charge in [0.25, 0.3) is 10.0 Å². The number of benzene rings is 2. The first-order chi connectivity index (χ1) is 13.8. The van der Waals surface area contributed by atoms with E-state index in [1.54, 1.807) is 25.1 Å². The van der Waals surface area contributed by atoms with Gasteiger partial charge in [-0.1, -0.05) is 18.5 Å². The van der Waals surface area contributed by atoms with Crippen LogP contribution in [0.4, 0.5) is 5.69 Å². The van der Waals surface area contributed by atoms with Crippen LogP contribution >= 0.6 is 11.6 Å². The molecule has 0 fully saturated rings. The number of esters is 1. The number of rotatable bonds is 10. The first-order valence-electron chi connectivity index (χ1n) is 9.37. The highest BCUT2D eigenvalue weighted by Crippen LogP contribution is 2.22. The third-order valence-corrected chi connectivity index (χ3v) is 5.90. The number of halogens is 1. The molecule has 0 atom stereocenters. The smallest absolute Gasteiger partial charge is 0.305 e. The summed E-state index contributed by atoms with van der Waals surface area (Å²) in [6, 6.07) is 10.7. The molecule has 0 amide bonds. The van der Waals surface area contributed by atoms with Gasteiger partial charge in [0.2, 0.25) is 0 Å². The van der Waals surface area contributed by atoms with Gasteiger partial charge in [-0.2, -0.15) is 0 Å². The van der Waals surface area contributed by atoms with Gasteiger partial charge in [0.15, 0.2) is 5.78 Å². The molecule has 2 rings (SSSR count). The van der Waals surface area contributed by atoms with Crippen molar-refractivity contribution in [2.24, 2.45) is 0 Å². The zero-order chi connectivity index (χ0) is 21.4.